The van der Waals surface area contributed by atoms with Gasteiger partial charge in [0.05, 0.1) is 6.10 Å². The maximum absolute atomic E-state index is 11.9. The molecule has 0 heterocycles. The molecule has 2 nitrogen and oxygen atoms in total. The van der Waals surface area contributed by atoms with E-state index in [0.29, 0.717) is 24.5 Å². The minimum atomic E-state index is -0.331. The van der Waals surface area contributed by atoms with Crippen molar-refractivity contribution < 1.29 is 9.90 Å². The van der Waals surface area contributed by atoms with Crippen LogP contribution < -0.4 is 0 Å². The lowest BCUT2D eigenvalue weighted by Gasteiger charge is -2.18. The third-order valence-corrected chi connectivity index (χ3v) is 3.37. The molecule has 88 valence electrons. The van der Waals surface area contributed by atoms with Gasteiger partial charge in [-0.3, -0.25) is 4.79 Å². The van der Waals surface area contributed by atoms with Crippen molar-refractivity contribution in [1.29, 1.82) is 0 Å². The summed E-state index contributed by atoms with van der Waals surface area (Å²) in [6, 6.07) is 0. The van der Waals surface area contributed by atoms with Crippen molar-refractivity contribution in [1.82, 2.24) is 0 Å². The molecule has 1 aliphatic carbocycles. The van der Waals surface area contributed by atoms with E-state index in [1.165, 1.54) is 32.1 Å². The molecule has 0 bridgehead atoms. The number of hydrogen-bond acceptors (Lipinski definition) is 2. The Balaban J connectivity index is 2.28. The van der Waals surface area contributed by atoms with Gasteiger partial charge in [-0.05, 0) is 26.2 Å². The molecule has 0 aromatic rings. The molecule has 0 aromatic carbocycles. The normalized spacial score (nSPS) is 21.7. The van der Waals surface area contributed by atoms with Crippen molar-refractivity contribution in [2.75, 3.05) is 0 Å². The zero-order valence-electron chi connectivity index (χ0n) is 9.87. The van der Waals surface area contributed by atoms with E-state index < -0.39 is 0 Å². The van der Waals surface area contributed by atoms with Crippen LogP contribution in [0.15, 0.2) is 0 Å². The molecule has 0 aliphatic heterocycles. The first-order valence-corrected chi connectivity index (χ1v) is 6.41. The lowest BCUT2D eigenvalue weighted by molar-refractivity contribution is -0.124. The highest BCUT2D eigenvalue weighted by molar-refractivity contribution is 5.80. The molecular weight excluding hydrogens is 188 g/mol. The highest BCUT2D eigenvalue weighted by Crippen LogP contribution is 2.24. The summed E-state index contributed by atoms with van der Waals surface area (Å²) >= 11 is 0. The van der Waals surface area contributed by atoms with Crippen LogP contribution in [0.5, 0.6) is 0 Å². The zero-order chi connectivity index (χ0) is 11.1. The van der Waals surface area contributed by atoms with Gasteiger partial charge in [-0.1, -0.05) is 32.1 Å². The monoisotopic (exact) mass is 212 g/mol. The summed E-state index contributed by atoms with van der Waals surface area (Å²) in [5.74, 6) is 0.682. The molecule has 1 N–H and O–H groups in total. The first-order chi connectivity index (χ1) is 7.20. The third-order valence-electron chi connectivity index (χ3n) is 3.37. The molecular formula is C13H24O2. The van der Waals surface area contributed by atoms with E-state index in [0.717, 1.165) is 12.8 Å². The molecule has 1 rings (SSSR count). The van der Waals surface area contributed by atoms with Crippen LogP contribution >= 0.6 is 0 Å². The van der Waals surface area contributed by atoms with Gasteiger partial charge in [-0.2, -0.15) is 0 Å². The number of ketones is 1. The standard InChI is InChI=1S/C13H24O2/c1-11(14)9-10-13(15)12-7-5-3-2-4-6-8-12/h11-12,14H,2-10H2,1H3. The van der Waals surface area contributed by atoms with Crippen LogP contribution in [0.4, 0.5) is 0 Å². The summed E-state index contributed by atoms with van der Waals surface area (Å²) in [6.07, 6.45) is 9.39. The summed E-state index contributed by atoms with van der Waals surface area (Å²) in [6.45, 7) is 1.76. The van der Waals surface area contributed by atoms with Crippen molar-refractivity contribution in [2.24, 2.45) is 5.92 Å². The van der Waals surface area contributed by atoms with Gasteiger partial charge >= 0.3 is 0 Å². The van der Waals surface area contributed by atoms with Gasteiger partial charge in [0.2, 0.25) is 0 Å². The van der Waals surface area contributed by atoms with Gasteiger partial charge in [0.25, 0.3) is 0 Å². The molecule has 0 saturated heterocycles. The smallest absolute Gasteiger partial charge is 0.136 e. The van der Waals surface area contributed by atoms with Gasteiger partial charge in [0.1, 0.15) is 5.78 Å². The maximum Gasteiger partial charge on any atom is 0.136 e. The van der Waals surface area contributed by atoms with Crippen LogP contribution in [-0.2, 0) is 4.79 Å². The van der Waals surface area contributed by atoms with Gasteiger partial charge < -0.3 is 5.11 Å². The number of carbonyl (C=O) groups excluding carboxylic acids is 1. The second-order valence-corrected chi connectivity index (χ2v) is 4.90. The number of carbonyl (C=O) groups is 1. The Hall–Kier alpha value is -0.370. The highest BCUT2D eigenvalue weighted by Gasteiger charge is 2.19. The summed E-state index contributed by atoms with van der Waals surface area (Å²) < 4.78 is 0. The Labute approximate surface area is 93.1 Å². The predicted octanol–water partition coefficient (Wildman–Crippen LogP) is 3.08. The predicted molar refractivity (Wildman–Crippen MR) is 61.7 cm³/mol. The average molecular weight is 212 g/mol. The van der Waals surface area contributed by atoms with Crippen LogP contribution in [0.3, 0.4) is 0 Å². The minimum Gasteiger partial charge on any atom is -0.393 e. The Morgan fingerprint density at radius 2 is 1.73 bits per heavy atom. The molecule has 0 spiro atoms. The van der Waals surface area contributed by atoms with E-state index >= 15 is 0 Å². The van der Waals surface area contributed by atoms with Crippen LogP contribution in [0.2, 0.25) is 0 Å². The molecule has 1 fully saturated rings. The largest absolute Gasteiger partial charge is 0.393 e. The van der Waals surface area contributed by atoms with Crippen molar-refractivity contribution in [2.45, 2.75) is 70.8 Å². The lowest BCUT2D eigenvalue weighted by Crippen LogP contribution is -2.17. The van der Waals surface area contributed by atoms with Crippen LogP contribution in [0, 0.1) is 5.92 Å². The van der Waals surface area contributed by atoms with E-state index in [-0.39, 0.29) is 6.10 Å². The number of hydrogen-bond donors (Lipinski definition) is 1. The second kappa shape index (κ2) is 7.00. The lowest BCUT2D eigenvalue weighted by atomic mass is 9.86. The quantitative estimate of drug-likeness (QED) is 0.777. The number of aliphatic hydroxyl groups is 1. The number of aliphatic hydroxyl groups excluding tert-OH is 1. The van der Waals surface area contributed by atoms with E-state index in [4.69, 9.17) is 5.11 Å². The van der Waals surface area contributed by atoms with Crippen LogP contribution in [0.1, 0.15) is 64.7 Å². The van der Waals surface area contributed by atoms with Crippen LogP contribution in [-0.4, -0.2) is 17.0 Å². The van der Waals surface area contributed by atoms with Crippen LogP contribution in [0.25, 0.3) is 0 Å². The molecule has 0 radical (unpaired) electrons. The van der Waals surface area contributed by atoms with E-state index in [9.17, 15) is 4.79 Å². The van der Waals surface area contributed by atoms with Gasteiger partial charge in [0, 0.05) is 12.3 Å². The summed E-state index contributed by atoms with van der Waals surface area (Å²) in [7, 11) is 0. The Morgan fingerprint density at radius 1 is 1.20 bits per heavy atom. The molecule has 2 heteroatoms. The Morgan fingerprint density at radius 3 is 2.27 bits per heavy atom. The van der Waals surface area contributed by atoms with Gasteiger partial charge in [-0.25, -0.2) is 0 Å². The van der Waals surface area contributed by atoms with Crippen molar-refractivity contribution in [3.63, 3.8) is 0 Å². The molecule has 0 aromatic heterocycles. The summed E-state index contributed by atoms with van der Waals surface area (Å²) in [4.78, 5) is 11.9. The fourth-order valence-electron chi connectivity index (χ4n) is 2.33. The van der Waals surface area contributed by atoms with Crippen molar-refractivity contribution >= 4 is 5.78 Å². The average Bonchev–Trinajstić information content (AvgIpc) is 2.13. The number of rotatable bonds is 4. The first-order valence-electron chi connectivity index (χ1n) is 6.41. The molecule has 1 atom stereocenters. The van der Waals surface area contributed by atoms with E-state index in [2.05, 4.69) is 0 Å². The topological polar surface area (TPSA) is 37.3 Å². The molecule has 15 heavy (non-hydrogen) atoms. The maximum atomic E-state index is 11.9. The molecule has 1 saturated carbocycles. The molecule has 0 amide bonds. The highest BCUT2D eigenvalue weighted by atomic mass is 16.3. The second-order valence-electron chi connectivity index (χ2n) is 4.90. The zero-order valence-corrected chi connectivity index (χ0v) is 9.87. The third kappa shape index (κ3) is 5.31. The SMILES string of the molecule is CC(O)CCC(=O)C1CCCCCCC1. The first kappa shape index (κ1) is 12.7. The molecule has 1 aliphatic rings. The Bertz CT molecular complexity index is 179. The fraction of sp³-hybridized carbons (Fsp3) is 0.923. The van der Waals surface area contributed by atoms with Gasteiger partial charge in [0.15, 0.2) is 0 Å². The van der Waals surface area contributed by atoms with E-state index in [1.54, 1.807) is 6.92 Å². The number of Topliss-reactive ketones (excluding diaryl/α,β-unsaturated/α-hetero) is 1. The fourth-order valence-corrected chi connectivity index (χ4v) is 2.33. The summed E-state index contributed by atoms with van der Waals surface area (Å²) in [5.41, 5.74) is 0. The van der Waals surface area contributed by atoms with Crippen molar-refractivity contribution in [3.8, 4) is 0 Å². The van der Waals surface area contributed by atoms with E-state index in [1.807, 2.05) is 0 Å². The molecule has 1 unspecified atom stereocenters. The van der Waals surface area contributed by atoms with Gasteiger partial charge in [-0.15, -0.1) is 0 Å². The summed E-state index contributed by atoms with van der Waals surface area (Å²) in [5, 5.41) is 9.15. The van der Waals surface area contributed by atoms with Crippen molar-refractivity contribution in [3.05, 3.63) is 0 Å². The minimum absolute atomic E-state index is 0.295. The Kier molecular flexibility index (Phi) is 5.92.